The van der Waals surface area contributed by atoms with Crippen LogP contribution in [-0.2, 0) is 0 Å². The van der Waals surface area contributed by atoms with E-state index in [1.165, 1.54) is 244 Å². The van der Waals surface area contributed by atoms with Gasteiger partial charge >= 0.3 is 0 Å². The Hall–Kier alpha value is 1.15. The fraction of sp³-hybridized carbons (Fsp3) is 1.00. The zero-order valence-corrected chi connectivity index (χ0v) is 33.6. The van der Waals surface area contributed by atoms with Crippen LogP contribution in [0.4, 0.5) is 0 Å². The predicted molar refractivity (Wildman–Crippen MR) is 213 cm³/mol. The Labute approximate surface area is 296 Å². The van der Waals surface area contributed by atoms with E-state index in [1.54, 1.807) is 0 Å². The summed E-state index contributed by atoms with van der Waals surface area (Å²) in [5, 5.41) is 0. The molecule has 266 valence electrons. The predicted octanol–water partition coefficient (Wildman–Crippen LogP) is 16.4. The molecule has 44 heavy (non-hydrogen) atoms. The number of thiol groups is 1. The quantitative estimate of drug-likeness (QED) is 0.0281. The smallest absolute Gasteiger partial charge is 0.179 e. The van der Waals surface area contributed by atoms with Crippen LogP contribution >= 0.6 is 34.8 Å². The van der Waals surface area contributed by atoms with Gasteiger partial charge in [0, 0.05) is 0 Å². The lowest BCUT2D eigenvalue weighted by Crippen LogP contribution is -1.91. The fourth-order valence-electron chi connectivity index (χ4n) is 6.77. The molecule has 0 N–H and O–H groups in total. The second-order valence-corrected chi connectivity index (χ2v) is 20.0. The molecule has 0 rings (SSSR count). The van der Waals surface area contributed by atoms with Crippen LogP contribution < -0.4 is 0 Å². The summed E-state index contributed by atoms with van der Waals surface area (Å²) in [7, 11) is -1.34. The molecule has 0 atom stereocenters. The minimum absolute atomic E-state index is 1.07. The van der Waals surface area contributed by atoms with Crippen molar-refractivity contribution in [3.05, 3.63) is 0 Å². The molecule has 0 aromatic heterocycles. The Balaban J connectivity index is 3.03. The van der Waals surface area contributed by atoms with Crippen molar-refractivity contribution < 1.29 is 0 Å². The molecule has 0 unspecified atom stereocenters. The third-order valence-corrected chi connectivity index (χ3v) is 12.3. The largest absolute Gasteiger partial charge is 0.237 e. The van der Waals surface area contributed by atoms with Crippen molar-refractivity contribution in [1.29, 1.82) is 0 Å². The van der Waals surface area contributed by atoms with Crippen LogP contribution in [0.1, 0.15) is 244 Å². The maximum absolute atomic E-state index is 5.91. The molecule has 0 saturated heterocycles. The van der Waals surface area contributed by atoms with Gasteiger partial charge in [-0.2, -0.15) is 34.8 Å². The molecular formula is C40H82Cl2SSi. The molecule has 0 radical (unpaired) electrons. The van der Waals surface area contributed by atoms with Gasteiger partial charge < -0.3 is 0 Å². The van der Waals surface area contributed by atoms with E-state index in [2.05, 4.69) is 12.6 Å². The molecule has 0 spiro atoms. The van der Waals surface area contributed by atoms with Gasteiger partial charge in [-0.15, -0.1) is 0 Å². The van der Waals surface area contributed by atoms with Crippen LogP contribution in [0.25, 0.3) is 0 Å². The Morgan fingerprint density at radius 2 is 0.364 bits per heavy atom. The van der Waals surface area contributed by atoms with Crippen LogP contribution in [-0.4, -0.2) is 13.2 Å². The van der Waals surface area contributed by atoms with E-state index < -0.39 is 7.42 Å². The fourth-order valence-corrected chi connectivity index (χ4v) is 8.52. The van der Waals surface area contributed by atoms with Gasteiger partial charge in [0.2, 0.25) is 7.42 Å². The lowest BCUT2D eigenvalue weighted by atomic mass is 10.0. The Morgan fingerprint density at radius 3 is 0.500 bits per heavy atom. The van der Waals surface area contributed by atoms with E-state index >= 15 is 0 Å². The van der Waals surface area contributed by atoms with Gasteiger partial charge in [-0.3, -0.25) is 0 Å². The van der Waals surface area contributed by atoms with Gasteiger partial charge in [0.15, 0.2) is 0 Å². The molecule has 0 nitrogen and oxygen atoms in total. The van der Waals surface area contributed by atoms with E-state index in [-0.39, 0.29) is 0 Å². The highest BCUT2D eigenvalue weighted by molar-refractivity contribution is 7.80. The SMILES string of the molecule is SCCCCCCCCCCCCCCCCCCCCCCCCCCCCCCCCCCCCCCCC[SiH](Cl)Cl. The van der Waals surface area contributed by atoms with Crippen LogP contribution in [0.2, 0.25) is 6.04 Å². The molecule has 0 aliphatic rings. The minimum atomic E-state index is -1.34. The molecule has 0 aliphatic heterocycles. The highest BCUT2D eigenvalue weighted by Gasteiger charge is 2.01. The van der Waals surface area contributed by atoms with Gasteiger partial charge in [0.05, 0.1) is 0 Å². The summed E-state index contributed by atoms with van der Waals surface area (Å²) < 4.78 is 0. The Kier molecular flexibility index (Phi) is 43.3. The zero-order valence-electron chi connectivity index (χ0n) is 30.1. The number of unbranched alkanes of at least 4 members (excludes halogenated alkanes) is 37. The van der Waals surface area contributed by atoms with E-state index in [0.29, 0.717) is 0 Å². The highest BCUT2D eigenvalue weighted by Crippen LogP contribution is 2.18. The summed E-state index contributed by atoms with van der Waals surface area (Å²) in [5.74, 6) is 1.07. The van der Waals surface area contributed by atoms with Crippen LogP contribution in [0.15, 0.2) is 0 Å². The molecule has 0 saturated carbocycles. The second kappa shape index (κ2) is 42.2. The summed E-state index contributed by atoms with van der Waals surface area (Å²) in [4.78, 5) is 0. The van der Waals surface area contributed by atoms with Crippen LogP contribution in [0.3, 0.4) is 0 Å². The monoisotopic (exact) mass is 693 g/mol. The molecule has 0 aliphatic carbocycles. The maximum Gasteiger partial charge on any atom is 0.237 e. The molecular weight excluding hydrogens is 611 g/mol. The normalized spacial score (nSPS) is 11.7. The summed E-state index contributed by atoms with van der Waals surface area (Å²) in [6, 6.07) is 1.10. The Bertz CT molecular complexity index is 490. The first-order valence-electron chi connectivity index (χ1n) is 20.7. The van der Waals surface area contributed by atoms with Crippen LogP contribution in [0, 0.1) is 0 Å². The third-order valence-electron chi connectivity index (χ3n) is 9.83. The van der Waals surface area contributed by atoms with Crippen molar-refractivity contribution in [2.45, 2.75) is 250 Å². The zero-order chi connectivity index (χ0) is 31.9. The Morgan fingerprint density at radius 1 is 0.227 bits per heavy atom. The maximum atomic E-state index is 5.91. The van der Waals surface area contributed by atoms with Gasteiger partial charge in [0.1, 0.15) is 0 Å². The first-order valence-corrected chi connectivity index (χ1v) is 25.6. The third kappa shape index (κ3) is 43.1. The summed E-state index contributed by atoms with van der Waals surface area (Å²) in [6.45, 7) is 0. The summed E-state index contributed by atoms with van der Waals surface area (Å²) in [5.41, 5.74) is 0. The lowest BCUT2D eigenvalue weighted by molar-refractivity contribution is 0.510. The van der Waals surface area contributed by atoms with Crippen molar-refractivity contribution in [2.24, 2.45) is 0 Å². The average Bonchev–Trinajstić information content (AvgIpc) is 3.02. The van der Waals surface area contributed by atoms with Gasteiger partial charge in [-0.25, -0.2) is 0 Å². The molecule has 0 heterocycles. The molecule has 0 aromatic rings. The van der Waals surface area contributed by atoms with Gasteiger partial charge in [-0.1, -0.05) is 238 Å². The second-order valence-electron chi connectivity index (χ2n) is 14.3. The first-order chi connectivity index (χ1) is 21.8. The number of halogens is 2. The number of rotatable bonds is 40. The topological polar surface area (TPSA) is 0 Å². The van der Waals surface area contributed by atoms with Crippen LogP contribution in [0.5, 0.6) is 0 Å². The van der Waals surface area contributed by atoms with Crippen molar-refractivity contribution in [2.75, 3.05) is 5.75 Å². The molecule has 0 fully saturated rings. The molecule has 4 heteroatoms. The van der Waals surface area contributed by atoms with E-state index in [1.807, 2.05) is 0 Å². The number of hydrogen-bond acceptors (Lipinski definition) is 1. The van der Waals surface area contributed by atoms with Crippen molar-refractivity contribution in [1.82, 2.24) is 0 Å². The molecule has 0 aromatic carbocycles. The van der Waals surface area contributed by atoms with E-state index in [9.17, 15) is 0 Å². The van der Waals surface area contributed by atoms with Crippen molar-refractivity contribution in [3.63, 3.8) is 0 Å². The van der Waals surface area contributed by atoms with Gasteiger partial charge in [0.25, 0.3) is 0 Å². The van der Waals surface area contributed by atoms with Crippen molar-refractivity contribution >= 4 is 42.2 Å². The lowest BCUT2D eigenvalue weighted by Gasteiger charge is -2.05. The molecule has 0 amide bonds. The first kappa shape index (κ1) is 45.1. The highest BCUT2D eigenvalue weighted by atomic mass is 35.7. The standard InChI is InChI=1S/C40H82Cl2SSi/c41-44(42)40-38-36-34-32-30-28-26-24-22-20-18-16-14-12-10-8-6-4-2-1-3-5-7-9-11-13-15-17-19-21-23-25-27-29-31-33-35-37-39-43/h43-44H,1-40H2. The number of hydrogen-bond donors (Lipinski definition) is 1. The van der Waals surface area contributed by atoms with Gasteiger partial charge in [-0.05, 0) is 18.2 Å². The average molecular weight is 694 g/mol. The summed E-state index contributed by atoms with van der Waals surface area (Å²) >= 11 is 16.1. The summed E-state index contributed by atoms with van der Waals surface area (Å²) in [6.07, 6.45) is 55.3. The molecule has 0 bridgehead atoms. The minimum Gasteiger partial charge on any atom is -0.179 e. The van der Waals surface area contributed by atoms with E-state index in [4.69, 9.17) is 22.2 Å². The van der Waals surface area contributed by atoms with Crippen molar-refractivity contribution in [3.8, 4) is 0 Å². The van der Waals surface area contributed by atoms with E-state index in [0.717, 1.165) is 11.8 Å².